The van der Waals surface area contributed by atoms with E-state index >= 15 is 0 Å². The van der Waals surface area contributed by atoms with Crippen molar-refractivity contribution < 1.29 is 0 Å². The van der Waals surface area contributed by atoms with Crippen LogP contribution in [0.1, 0.15) is 0 Å². The number of nitrogens with zero attached hydrogens (tertiary/aromatic N) is 2. The summed E-state index contributed by atoms with van der Waals surface area (Å²) in [5.41, 5.74) is 1.97. The van der Waals surface area contributed by atoms with E-state index in [1.165, 1.54) is 0 Å². The Labute approximate surface area is 107 Å². The maximum Gasteiger partial charge on any atom is 0.138 e. The van der Waals surface area contributed by atoms with E-state index in [9.17, 15) is 0 Å². The molecule has 2 aromatic heterocycles. The molecule has 0 saturated heterocycles. The fraction of sp³-hybridized carbons (Fsp3) is 0. The van der Waals surface area contributed by atoms with Crippen molar-refractivity contribution in [2.45, 2.75) is 0 Å². The first-order valence-electron chi connectivity index (χ1n) is 5.27. The predicted molar refractivity (Wildman–Crippen MR) is 72.6 cm³/mol. The molecule has 0 aliphatic carbocycles. The summed E-state index contributed by atoms with van der Waals surface area (Å²) < 4.78 is 3.04. The van der Waals surface area contributed by atoms with Crippen LogP contribution in [0, 0.1) is 0 Å². The number of pyridine rings is 1. The van der Waals surface area contributed by atoms with Crippen molar-refractivity contribution >= 4 is 33.1 Å². The van der Waals surface area contributed by atoms with Crippen LogP contribution in [0.25, 0.3) is 5.65 Å². The predicted octanol–water partition coefficient (Wildman–Crippen LogP) is 3.84. The fourth-order valence-corrected chi connectivity index (χ4v) is 2.05. The summed E-state index contributed by atoms with van der Waals surface area (Å²) in [5.74, 6) is 0.951. The smallest absolute Gasteiger partial charge is 0.138 e. The van der Waals surface area contributed by atoms with Gasteiger partial charge in [0.1, 0.15) is 11.5 Å². The molecule has 0 radical (unpaired) electrons. The minimum Gasteiger partial charge on any atom is -0.340 e. The number of rotatable bonds is 2. The highest BCUT2D eigenvalue weighted by molar-refractivity contribution is 9.10. The van der Waals surface area contributed by atoms with Crippen LogP contribution in [0.5, 0.6) is 0 Å². The third-order valence-electron chi connectivity index (χ3n) is 2.52. The summed E-state index contributed by atoms with van der Waals surface area (Å²) in [5, 5.41) is 3.33. The van der Waals surface area contributed by atoms with Gasteiger partial charge >= 0.3 is 0 Å². The molecule has 0 aliphatic rings. The van der Waals surface area contributed by atoms with Crippen LogP contribution in [-0.2, 0) is 0 Å². The second-order valence-electron chi connectivity index (χ2n) is 3.71. The Balaban J connectivity index is 2.03. The molecule has 2 heterocycles. The van der Waals surface area contributed by atoms with Gasteiger partial charge in [-0.3, -0.25) is 4.40 Å². The molecule has 3 aromatic rings. The highest BCUT2D eigenvalue weighted by Gasteiger charge is 2.03. The van der Waals surface area contributed by atoms with Gasteiger partial charge in [-0.2, -0.15) is 0 Å². The molecule has 1 aromatic carbocycles. The van der Waals surface area contributed by atoms with Gasteiger partial charge in [0.2, 0.25) is 0 Å². The van der Waals surface area contributed by atoms with Crippen LogP contribution in [0.2, 0.25) is 0 Å². The summed E-state index contributed by atoms with van der Waals surface area (Å²) in [6.07, 6.45) is 3.82. The van der Waals surface area contributed by atoms with E-state index in [4.69, 9.17) is 0 Å². The van der Waals surface area contributed by atoms with Crippen LogP contribution >= 0.6 is 15.9 Å². The number of hydrogen-bond donors (Lipinski definition) is 1. The van der Waals surface area contributed by atoms with E-state index in [2.05, 4.69) is 26.2 Å². The lowest BCUT2D eigenvalue weighted by Crippen LogP contribution is -1.94. The number of fused-ring (bicyclic) bond motifs is 1. The van der Waals surface area contributed by atoms with Gasteiger partial charge in [-0.25, -0.2) is 4.98 Å². The lowest BCUT2D eigenvalue weighted by molar-refractivity contribution is 1.17. The number of benzene rings is 1. The van der Waals surface area contributed by atoms with Crippen molar-refractivity contribution in [3.8, 4) is 0 Å². The molecule has 1 N–H and O–H groups in total. The van der Waals surface area contributed by atoms with Gasteiger partial charge in [0.15, 0.2) is 0 Å². The molecule has 0 saturated carbocycles. The molecule has 0 atom stereocenters. The quantitative estimate of drug-likeness (QED) is 0.776. The Morgan fingerprint density at radius 2 is 1.88 bits per heavy atom. The maximum atomic E-state index is 4.34. The third-order valence-corrected chi connectivity index (χ3v) is 2.98. The first-order valence-corrected chi connectivity index (χ1v) is 6.07. The molecule has 84 valence electrons. The topological polar surface area (TPSA) is 29.3 Å². The Hall–Kier alpha value is -1.81. The number of imidazole rings is 1. The van der Waals surface area contributed by atoms with Crippen LogP contribution in [-0.4, -0.2) is 9.38 Å². The van der Waals surface area contributed by atoms with Crippen LogP contribution < -0.4 is 5.32 Å². The van der Waals surface area contributed by atoms with Gasteiger partial charge in [-0.15, -0.1) is 0 Å². The van der Waals surface area contributed by atoms with Gasteiger partial charge in [0.05, 0.1) is 6.20 Å². The number of aromatic nitrogens is 2. The minimum absolute atomic E-state index is 0.923. The third kappa shape index (κ3) is 2.03. The Morgan fingerprint density at radius 1 is 1.06 bits per heavy atom. The van der Waals surface area contributed by atoms with E-state index in [-0.39, 0.29) is 0 Å². The zero-order valence-corrected chi connectivity index (χ0v) is 10.6. The van der Waals surface area contributed by atoms with Gasteiger partial charge in [-0.1, -0.05) is 18.2 Å². The molecule has 0 aliphatic heterocycles. The number of halogens is 1. The fourth-order valence-electron chi connectivity index (χ4n) is 1.72. The van der Waals surface area contributed by atoms with Crippen molar-refractivity contribution in [3.63, 3.8) is 0 Å². The molecular weight excluding hydrogens is 278 g/mol. The first-order chi connectivity index (χ1) is 8.33. The van der Waals surface area contributed by atoms with Crippen LogP contribution in [0.15, 0.2) is 59.3 Å². The van der Waals surface area contributed by atoms with Crippen molar-refractivity contribution in [1.82, 2.24) is 9.38 Å². The molecule has 4 heteroatoms. The summed E-state index contributed by atoms with van der Waals surface area (Å²) >= 11 is 3.46. The lowest BCUT2D eigenvalue weighted by Gasteiger charge is -2.05. The van der Waals surface area contributed by atoms with Gasteiger partial charge in [0.25, 0.3) is 0 Å². The van der Waals surface area contributed by atoms with Crippen molar-refractivity contribution in [2.24, 2.45) is 0 Å². The summed E-state index contributed by atoms with van der Waals surface area (Å²) in [4.78, 5) is 4.34. The zero-order valence-electron chi connectivity index (χ0n) is 8.97. The van der Waals surface area contributed by atoms with Gasteiger partial charge < -0.3 is 5.32 Å². The molecule has 0 spiro atoms. The molecule has 0 fully saturated rings. The van der Waals surface area contributed by atoms with E-state index in [0.29, 0.717) is 0 Å². The molecule has 0 unspecified atom stereocenters. The highest BCUT2D eigenvalue weighted by atomic mass is 79.9. The van der Waals surface area contributed by atoms with Gasteiger partial charge in [-0.05, 0) is 40.2 Å². The molecule has 0 amide bonds. The van der Waals surface area contributed by atoms with Crippen molar-refractivity contribution in [3.05, 3.63) is 59.3 Å². The first kappa shape index (κ1) is 10.4. The summed E-state index contributed by atoms with van der Waals surface area (Å²) in [6, 6.07) is 14.0. The van der Waals surface area contributed by atoms with Crippen LogP contribution in [0.4, 0.5) is 11.5 Å². The SMILES string of the molecule is Brc1ccc2ncc(Nc3ccccc3)n2c1. The standard InChI is InChI=1S/C13H10BrN3/c14-10-6-7-12-15-8-13(17(12)9-10)16-11-4-2-1-3-5-11/h1-9,16H. The van der Waals surface area contributed by atoms with E-state index in [0.717, 1.165) is 21.6 Å². The number of para-hydroxylation sites is 1. The van der Waals surface area contributed by atoms with E-state index in [1.807, 2.05) is 59.3 Å². The Kier molecular flexibility index (Phi) is 2.57. The molecule has 3 nitrogen and oxygen atoms in total. The average Bonchev–Trinajstić information content (AvgIpc) is 2.73. The zero-order chi connectivity index (χ0) is 11.7. The number of anilines is 2. The lowest BCUT2D eigenvalue weighted by atomic mass is 10.3. The van der Waals surface area contributed by atoms with Gasteiger partial charge in [0, 0.05) is 16.4 Å². The molecule has 3 rings (SSSR count). The summed E-state index contributed by atoms with van der Waals surface area (Å²) in [7, 11) is 0. The average molecular weight is 288 g/mol. The Bertz CT molecular complexity index is 646. The van der Waals surface area contributed by atoms with Crippen molar-refractivity contribution in [2.75, 3.05) is 5.32 Å². The molecule has 0 bridgehead atoms. The second kappa shape index (κ2) is 4.22. The second-order valence-corrected chi connectivity index (χ2v) is 4.63. The Morgan fingerprint density at radius 3 is 2.71 bits per heavy atom. The van der Waals surface area contributed by atoms with E-state index in [1.54, 1.807) is 0 Å². The minimum atomic E-state index is 0.923. The highest BCUT2D eigenvalue weighted by Crippen LogP contribution is 2.20. The monoisotopic (exact) mass is 287 g/mol. The maximum absolute atomic E-state index is 4.34. The number of hydrogen-bond acceptors (Lipinski definition) is 2. The van der Waals surface area contributed by atoms with E-state index < -0.39 is 0 Å². The molecule has 17 heavy (non-hydrogen) atoms. The number of nitrogens with one attached hydrogen (secondary N) is 1. The summed E-state index contributed by atoms with van der Waals surface area (Å²) in [6.45, 7) is 0. The van der Waals surface area contributed by atoms with Crippen molar-refractivity contribution in [1.29, 1.82) is 0 Å². The van der Waals surface area contributed by atoms with Crippen LogP contribution in [0.3, 0.4) is 0 Å². The normalized spacial score (nSPS) is 10.6. The molecular formula is C13H10BrN3. The largest absolute Gasteiger partial charge is 0.340 e.